The van der Waals surface area contributed by atoms with Gasteiger partial charge in [0.25, 0.3) is 5.91 Å². The quantitative estimate of drug-likeness (QED) is 0.625. The van der Waals surface area contributed by atoms with Crippen LogP contribution < -0.4 is 16.0 Å². The third-order valence-corrected chi connectivity index (χ3v) is 5.38. The molecule has 0 unspecified atom stereocenters. The van der Waals surface area contributed by atoms with Gasteiger partial charge < -0.3 is 16.0 Å². The topological polar surface area (TPSA) is 70.2 Å². The summed E-state index contributed by atoms with van der Waals surface area (Å²) in [5, 5.41) is 9.22. The number of amides is 2. The molecule has 3 N–H and O–H groups in total. The molecule has 0 aliphatic heterocycles. The van der Waals surface area contributed by atoms with E-state index in [4.69, 9.17) is 0 Å². The van der Waals surface area contributed by atoms with Crippen molar-refractivity contribution in [2.24, 2.45) is 0 Å². The van der Waals surface area contributed by atoms with Crippen LogP contribution in [0.15, 0.2) is 48.5 Å². The van der Waals surface area contributed by atoms with Gasteiger partial charge >= 0.3 is 0 Å². The molecule has 2 aromatic carbocycles. The predicted molar refractivity (Wildman–Crippen MR) is 118 cm³/mol. The maximum atomic E-state index is 12.5. The molecular formula is C24H31N3O2. The molecule has 3 rings (SSSR count). The van der Waals surface area contributed by atoms with E-state index in [2.05, 4.69) is 29.8 Å². The molecule has 1 saturated carbocycles. The van der Waals surface area contributed by atoms with Crippen LogP contribution in [-0.2, 0) is 4.79 Å². The number of hydrogen-bond donors (Lipinski definition) is 3. The van der Waals surface area contributed by atoms with Gasteiger partial charge in [0.05, 0.1) is 6.54 Å². The monoisotopic (exact) mass is 393 g/mol. The van der Waals surface area contributed by atoms with Crippen molar-refractivity contribution in [1.82, 2.24) is 5.32 Å². The van der Waals surface area contributed by atoms with Gasteiger partial charge in [-0.3, -0.25) is 9.59 Å². The molecule has 0 saturated heterocycles. The van der Waals surface area contributed by atoms with Gasteiger partial charge in [-0.2, -0.15) is 0 Å². The fourth-order valence-corrected chi connectivity index (χ4v) is 3.78. The fraction of sp³-hybridized carbons (Fsp3) is 0.417. The van der Waals surface area contributed by atoms with Crippen molar-refractivity contribution in [2.45, 2.75) is 57.9 Å². The summed E-state index contributed by atoms with van der Waals surface area (Å²) in [6.07, 6.45) is 5.74. The van der Waals surface area contributed by atoms with Crippen molar-refractivity contribution >= 4 is 23.2 Å². The number of benzene rings is 2. The lowest BCUT2D eigenvalue weighted by atomic mass is 9.95. The summed E-state index contributed by atoms with van der Waals surface area (Å²) < 4.78 is 0. The van der Waals surface area contributed by atoms with Gasteiger partial charge in [-0.25, -0.2) is 0 Å². The summed E-state index contributed by atoms with van der Waals surface area (Å²) in [5.74, 6) is 0.171. The molecule has 29 heavy (non-hydrogen) atoms. The Bertz CT molecular complexity index is 842. The van der Waals surface area contributed by atoms with Crippen molar-refractivity contribution in [3.05, 3.63) is 59.7 Å². The second kappa shape index (κ2) is 10.1. The Hall–Kier alpha value is -2.82. The highest BCUT2D eigenvalue weighted by Crippen LogP contribution is 2.23. The van der Waals surface area contributed by atoms with Gasteiger partial charge in [0.15, 0.2) is 0 Å². The molecule has 0 spiro atoms. The maximum Gasteiger partial charge on any atom is 0.251 e. The smallest absolute Gasteiger partial charge is 0.251 e. The molecule has 0 aromatic heterocycles. The zero-order valence-electron chi connectivity index (χ0n) is 17.3. The molecule has 1 aliphatic carbocycles. The number of carbonyl (C=O) groups excluding carboxylic acids is 2. The molecule has 2 amide bonds. The number of anilines is 2. The highest BCUT2D eigenvalue weighted by atomic mass is 16.2. The minimum Gasteiger partial charge on any atom is -0.376 e. The van der Waals surface area contributed by atoms with Crippen molar-refractivity contribution < 1.29 is 9.59 Å². The Kier molecular flexibility index (Phi) is 7.28. The largest absolute Gasteiger partial charge is 0.376 e. The first kappa shape index (κ1) is 20.9. The zero-order valence-corrected chi connectivity index (χ0v) is 17.3. The molecule has 1 fully saturated rings. The summed E-state index contributed by atoms with van der Waals surface area (Å²) in [5.41, 5.74) is 3.33. The zero-order chi connectivity index (χ0) is 20.6. The summed E-state index contributed by atoms with van der Waals surface area (Å²) in [6, 6.07) is 15.4. The summed E-state index contributed by atoms with van der Waals surface area (Å²) >= 11 is 0. The van der Waals surface area contributed by atoms with Gasteiger partial charge in [-0.1, -0.05) is 57.4 Å². The summed E-state index contributed by atoms with van der Waals surface area (Å²) in [4.78, 5) is 24.9. The normalized spacial score (nSPS) is 14.4. The van der Waals surface area contributed by atoms with Crippen LogP contribution in [0.3, 0.4) is 0 Å². The van der Waals surface area contributed by atoms with Crippen LogP contribution in [0.1, 0.15) is 67.8 Å². The number of carbonyl (C=O) groups is 2. The van der Waals surface area contributed by atoms with Crippen molar-refractivity contribution in [3.8, 4) is 0 Å². The molecule has 5 nitrogen and oxygen atoms in total. The Labute approximate surface area is 173 Å². The van der Waals surface area contributed by atoms with Gasteiger partial charge in [0.2, 0.25) is 5.91 Å². The highest BCUT2D eigenvalue weighted by Gasteiger charge is 2.17. The van der Waals surface area contributed by atoms with E-state index in [1.807, 2.05) is 42.5 Å². The third kappa shape index (κ3) is 6.08. The Morgan fingerprint density at radius 1 is 1.00 bits per heavy atom. The van der Waals surface area contributed by atoms with Crippen LogP contribution in [0, 0.1) is 0 Å². The van der Waals surface area contributed by atoms with E-state index < -0.39 is 0 Å². The summed E-state index contributed by atoms with van der Waals surface area (Å²) in [7, 11) is 0. The van der Waals surface area contributed by atoms with E-state index in [1.54, 1.807) is 6.07 Å². The average molecular weight is 394 g/mol. The van der Waals surface area contributed by atoms with E-state index in [-0.39, 0.29) is 24.4 Å². The Balaban J connectivity index is 1.55. The number of rotatable bonds is 7. The summed E-state index contributed by atoms with van der Waals surface area (Å²) in [6.45, 7) is 4.35. The van der Waals surface area contributed by atoms with E-state index in [0.717, 1.165) is 29.8 Å². The van der Waals surface area contributed by atoms with E-state index in [0.29, 0.717) is 11.5 Å². The van der Waals surface area contributed by atoms with Crippen molar-refractivity contribution in [1.29, 1.82) is 0 Å². The molecule has 0 radical (unpaired) electrons. The van der Waals surface area contributed by atoms with E-state index >= 15 is 0 Å². The van der Waals surface area contributed by atoms with Crippen LogP contribution in [0.4, 0.5) is 11.4 Å². The second-order valence-corrected chi connectivity index (χ2v) is 8.03. The highest BCUT2D eigenvalue weighted by molar-refractivity contribution is 5.96. The van der Waals surface area contributed by atoms with Crippen molar-refractivity contribution in [3.63, 3.8) is 0 Å². The number of nitrogens with one attached hydrogen (secondary N) is 3. The molecular weight excluding hydrogens is 362 g/mol. The molecule has 1 aliphatic rings. The van der Waals surface area contributed by atoms with Gasteiger partial charge in [0.1, 0.15) is 0 Å². The molecule has 2 aromatic rings. The SMILES string of the molecule is CC(C)c1ccccc1NC(=O)CNc1cccc(C(=O)NC2CCCCC2)c1. The Morgan fingerprint density at radius 3 is 2.52 bits per heavy atom. The third-order valence-electron chi connectivity index (χ3n) is 5.38. The van der Waals surface area contributed by atoms with Crippen LogP contribution in [0.2, 0.25) is 0 Å². The standard InChI is InChI=1S/C24H31N3O2/c1-17(2)21-13-6-7-14-22(21)27-23(28)16-25-20-12-8-9-18(15-20)24(29)26-19-10-4-3-5-11-19/h6-9,12-15,17,19,25H,3-5,10-11,16H2,1-2H3,(H,26,29)(H,27,28). The van der Waals surface area contributed by atoms with Crippen LogP contribution in [0.5, 0.6) is 0 Å². The molecule has 5 heteroatoms. The first-order chi connectivity index (χ1) is 14.0. The average Bonchev–Trinajstić information content (AvgIpc) is 2.73. The van der Waals surface area contributed by atoms with Gasteiger partial charge in [-0.05, 0) is 48.6 Å². The number of hydrogen-bond acceptors (Lipinski definition) is 3. The number of para-hydroxylation sites is 1. The molecule has 154 valence electrons. The fourth-order valence-electron chi connectivity index (χ4n) is 3.78. The van der Waals surface area contributed by atoms with E-state index in [9.17, 15) is 9.59 Å². The predicted octanol–water partition coefficient (Wildman–Crippen LogP) is 4.92. The van der Waals surface area contributed by atoms with Crippen molar-refractivity contribution in [2.75, 3.05) is 17.2 Å². The lowest BCUT2D eigenvalue weighted by Crippen LogP contribution is -2.36. The van der Waals surface area contributed by atoms with Gasteiger partial charge in [-0.15, -0.1) is 0 Å². The minimum atomic E-state index is -0.116. The first-order valence-corrected chi connectivity index (χ1v) is 10.6. The van der Waals surface area contributed by atoms with Crippen LogP contribution in [0.25, 0.3) is 0 Å². The van der Waals surface area contributed by atoms with Crippen LogP contribution >= 0.6 is 0 Å². The molecule has 0 bridgehead atoms. The maximum absolute atomic E-state index is 12.5. The van der Waals surface area contributed by atoms with E-state index in [1.165, 1.54) is 19.3 Å². The molecule has 0 atom stereocenters. The Morgan fingerprint density at radius 2 is 1.76 bits per heavy atom. The minimum absolute atomic E-state index is 0.0455. The van der Waals surface area contributed by atoms with Gasteiger partial charge in [0, 0.05) is 23.0 Å². The lowest BCUT2D eigenvalue weighted by molar-refractivity contribution is -0.114. The lowest BCUT2D eigenvalue weighted by Gasteiger charge is -2.22. The molecule has 0 heterocycles. The second-order valence-electron chi connectivity index (χ2n) is 8.03. The van der Waals surface area contributed by atoms with Crippen LogP contribution in [-0.4, -0.2) is 24.4 Å². The first-order valence-electron chi connectivity index (χ1n) is 10.6.